The van der Waals surface area contributed by atoms with Crippen molar-refractivity contribution >= 4 is 11.9 Å². The zero-order chi connectivity index (χ0) is 12.9. The predicted molar refractivity (Wildman–Crippen MR) is 65.0 cm³/mol. The standard InChI is InChI=1S/C13H18N2O3/c1-7(8-5-14-6-8)12(16)15-9-2-3-11(15)10(4-9)13(17)18/h9-11,14H,2-6H2,1H3,(H,17,18). The second-order valence-corrected chi connectivity index (χ2v) is 5.52. The number of rotatable bonds is 2. The lowest BCUT2D eigenvalue weighted by Gasteiger charge is -2.27. The second-order valence-electron chi connectivity index (χ2n) is 5.52. The first-order valence-electron chi connectivity index (χ1n) is 6.54. The normalized spacial score (nSPS) is 33.5. The van der Waals surface area contributed by atoms with E-state index in [2.05, 4.69) is 5.32 Å². The Morgan fingerprint density at radius 1 is 1.33 bits per heavy atom. The fourth-order valence-electron chi connectivity index (χ4n) is 3.43. The zero-order valence-corrected chi connectivity index (χ0v) is 10.5. The molecule has 2 N–H and O–H groups in total. The van der Waals surface area contributed by atoms with Gasteiger partial charge in [0.15, 0.2) is 0 Å². The number of carboxylic acids is 1. The Kier molecular flexibility index (Phi) is 2.66. The van der Waals surface area contributed by atoms with E-state index in [1.165, 1.54) is 0 Å². The molecular weight excluding hydrogens is 232 g/mol. The zero-order valence-electron chi connectivity index (χ0n) is 10.5. The van der Waals surface area contributed by atoms with Gasteiger partial charge >= 0.3 is 5.97 Å². The molecule has 3 heterocycles. The van der Waals surface area contributed by atoms with Gasteiger partial charge in [-0.1, -0.05) is 0 Å². The molecule has 1 amide bonds. The fourth-order valence-corrected chi connectivity index (χ4v) is 3.43. The monoisotopic (exact) mass is 250 g/mol. The third kappa shape index (κ3) is 1.57. The summed E-state index contributed by atoms with van der Waals surface area (Å²) >= 11 is 0. The van der Waals surface area contributed by atoms with Gasteiger partial charge in [-0.2, -0.15) is 0 Å². The van der Waals surface area contributed by atoms with Crippen LogP contribution in [0.4, 0.5) is 0 Å². The third-order valence-corrected chi connectivity index (χ3v) is 4.62. The molecule has 0 aliphatic carbocycles. The average molecular weight is 250 g/mol. The summed E-state index contributed by atoms with van der Waals surface area (Å²) in [5, 5.41) is 12.3. The molecule has 2 bridgehead atoms. The van der Waals surface area contributed by atoms with Gasteiger partial charge in [-0.05, 0) is 31.8 Å². The van der Waals surface area contributed by atoms with Crippen molar-refractivity contribution in [3.63, 3.8) is 0 Å². The topological polar surface area (TPSA) is 69.6 Å². The average Bonchev–Trinajstić information content (AvgIpc) is 2.82. The largest absolute Gasteiger partial charge is 0.481 e. The van der Waals surface area contributed by atoms with Gasteiger partial charge in [0.25, 0.3) is 0 Å². The van der Waals surface area contributed by atoms with E-state index in [4.69, 9.17) is 0 Å². The molecule has 3 saturated heterocycles. The van der Waals surface area contributed by atoms with Crippen LogP contribution in [0.1, 0.15) is 26.2 Å². The van der Waals surface area contributed by atoms with Crippen molar-refractivity contribution < 1.29 is 14.7 Å². The number of nitrogens with zero attached hydrogens (tertiary/aromatic N) is 1. The van der Waals surface area contributed by atoms with Crippen molar-refractivity contribution in [1.82, 2.24) is 10.2 Å². The Labute approximate surface area is 106 Å². The molecule has 0 radical (unpaired) electrons. The van der Waals surface area contributed by atoms with Crippen LogP contribution < -0.4 is 5.32 Å². The van der Waals surface area contributed by atoms with Crippen molar-refractivity contribution in [2.75, 3.05) is 13.1 Å². The number of carboxylic acid groups (broad SMARTS) is 1. The Bertz CT molecular complexity index is 438. The van der Waals surface area contributed by atoms with E-state index in [0.29, 0.717) is 6.42 Å². The Morgan fingerprint density at radius 2 is 2.06 bits per heavy atom. The summed E-state index contributed by atoms with van der Waals surface area (Å²) in [6.45, 7) is 3.46. The summed E-state index contributed by atoms with van der Waals surface area (Å²) in [4.78, 5) is 25.5. The summed E-state index contributed by atoms with van der Waals surface area (Å²) in [6, 6.07) is 0.0655. The molecule has 5 nitrogen and oxygen atoms in total. The minimum atomic E-state index is -0.754. The van der Waals surface area contributed by atoms with Crippen LogP contribution in [0.15, 0.2) is 11.1 Å². The van der Waals surface area contributed by atoms with Gasteiger partial charge < -0.3 is 15.3 Å². The van der Waals surface area contributed by atoms with E-state index in [0.717, 1.165) is 37.1 Å². The molecule has 0 saturated carbocycles. The second kappa shape index (κ2) is 4.09. The van der Waals surface area contributed by atoms with Crippen LogP contribution in [-0.4, -0.2) is 47.1 Å². The number of carbonyl (C=O) groups excluding carboxylic acids is 1. The van der Waals surface area contributed by atoms with E-state index in [1.54, 1.807) is 0 Å². The quantitative estimate of drug-likeness (QED) is 0.695. The van der Waals surface area contributed by atoms with Gasteiger partial charge in [0.05, 0.1) is 5.92 Å². The van der Waals surface area contributed by atoms with Crippen molar-refractivity contribution in [2.24, 2.45) is 5.92 Å². The van der Waals surface area contributed by atoms with Crippen LogP contribution in [0.25, 0.3) is 0 Å². The Balaban J connectivity index is 1.81. The molecular formula is C13H18N2O3. The first kappa shape index (κ1) is 11.7. The number of amides is 1. The summed E-state index contributed by atoms with van der Waals surface area (Å²) in [7, 11) is 0. The highest BCUT2D eigenvalue weighted by atomic mass is 16.4. The lowest BCUT2D eigenvalue weighted by Crippen LogP contribution is -2.42. The SMILES string of the molecule is CC(C(=O)N1C2CCC1C(C(=O)O)C2)=C1CNC1. The summed E-state index contributed by atoms with van der Waals surface area (Å²) < 4.78 is 0. The molecule has 3 aliphatic heterocycles. The number of nitrogens with one attached hydrogen (secondary N) is 1. The number of hydrogen-bond donors (Lipinski definition) is 2. The fraction of sp³-hybridized carbons (Fsp3) is 0.692. The van der Waals surface area contributed by atoms with Gasteiger partial charge in [-0.25, -0.2) is 0 Å². The van der Waals surface area contributed by atoms with Crippen LogP contribution in [0.2, 0.25) is 0 Å². The molecule has 3 aliphatic rings. The van der Waals surface area contributed by atoms with Crippen LogP contribution in [0.3, 0.4) is 0 Å². The molecule has 0 aromatic heterocycles. The maximum atomic E-state index is 12.5. The van der Waals surface area contributed by atoms with Gasteiger partial charge in [0.1, 0.15) is 0 Å². The maximum absolute atomic E-state index is 12.5. The molecule has 3 unspecified atom stereocenters. The van der Waals surface area contributed by atoms with Gasteiger partial charge in [-0.15, -0.1) is 0 Å². The van der Waals surface area contributed by atoms with E-state index >= 15 is 0 Å². The van der Waals surface area contributed by atoms with Crippen LogP contribution in [0, 0.1) is 5.92 Å². The first-order valence-corrected chi connectivity index (χ1v) is 6.54. The lowest BCUT2D eigenvalue weighted by atomic mass is 9.89. The molecule has 3 fully saturated rings. The highest BCUT2D eigenvalue weighted by Crippen LogP contribution is 2.42. The molecule has 5 heteroatoms. The molecule has 3 atom stereocenters. The summed E-state index contributed by atoms with van der Waals surface area (Å²) in [6.07, 6.45) is 2.43. The van der Waals surface area contributed by atoms with Crippen LogP contribution in [0.5, 0.6) is 0 Å². The Morgan fingerprint density at radius 3 is 2.56 bits per heavy atom. The first-order chi connectivity index (χ1) is 8.59. The van der Waals surface area contributed by atoms with Crippen molar-refractivity contribution in [2.45, 2.75) is 38.3 Å². The molecule has 0 aromatic rings. The summed E-state index contributed by atoms with van der Waals surface area (Å²) in [5.41, 5.74) is 1.98. The highest BCUT2D eigenvalue weighted by Gasteiger charge is 2.51. The summed E-state index contributed by atoms with van der Waals surface area (Å²) in [5.74, 6) is -1.05. The van der Waals surface area contributed by atoms with Crippen LogP contribution >= 0.6 is 0 Å². The number of carbonyl (C=O) groups is 2. The molecule has 0 spiro atoms. The third-order valence-electron chi connectivity index (χ3n) is 4.62. The van der Waals surface area contributed by atoms with E-state index in [1.807, 2.05) is 11.8 Å². The number of aliphatic carboxylic acids is 1. The van der Waals surface area contributed by atoms with E-state index in [-0.39, 0.29) is 23.9 Å². The molecule has 3 rings (SSSR count). The predicted octanol–water partition coefficient (Wildman–Crippen LogP) is 0.370. The maximum Gasteiger partial charge on any atom is 0.308 e. The van der Waals surface area contributed by atoms with Crippen molar-refractivity contribution in [3.8, 4) is 0 Å². The van der Waals surface area contributed by atoms with Gasteiger partial charge in [0.2, 0.25) is 5.91 Å². The number of fused-ring (bicyclic) bond motifs is 2. The van der Waals surface area contributed by atoms with E-state index < -0.39 is 5.97 Å². The number of hydrogen-bond acceptors (Lipinski definition) is 3. The van der Waals surface area contributed by atoms with E-state index in [9.17, 15) is 14.7 Å². The minimum Gasteiger partial charge on any atom is -0.481 e. The van der Waals surface area contributed by atoms with Gasteiger partial charge in [-0.3, -0.25) is 9.59 Å². The van der Waals surface area contributed by atoms with Crippen molar-refractivity contribution in [3.05, 3.63) is 11.1 Å². The van der Waals surface area contributed by atoms with Crippen molar-refractivity contribution in [1.29, 1.82) is 0 Å². The molecule has 18 heavy (non-hydrogen) atoms. The lowest BCUT2D eigenvalue weighted by molar-refractivity contribution is -0.143. The highest BCUT2D eigenvalue weighted by molar-refractivity contribution is 5.95. The van der Waals surface area contributed by atoms with Gasteiger partial charge in [0, 0.05) is 30.7 Å². The van der Waals surface area contributed by atoms with Crippen LogP contribution in [-0.2, 0) is 9.59 Å². The molecule has 98 valence electrons. The smallest absolute Gasteiger partial charge is 0.308 e. The Hall–Kier alpha value is -1.36. The molecule has 0 aromatic carbocycles. The minimum absolute atomic E-state index is 0.0581.